The second-order valence-electron chi connectivity index (χ2n) is 3.39. The molecule has 86 valence electrons. The maximum absolute atomic E-state index is 11.9. The summed E-state index contributed by atoms with van der Waals surface area (Å²) < 4.78 is 5.03. The van der Waals surface area contributed by atoms with Crippen LogP contribution in [0.15, 0.2) is 52.1 Å². The number of furan rings is 1. The lowest BCUT2D eigenvalue weighted by molar-refractivity contribution is 0.101. The Morgan fingerprint density at radius 1 is 1.12 bits per heavy atom. The van der Waals surface area contributed by atoms with Crippen molar-refractivity contribution in [3.8, 4) is 0 Å². The fraction of sp³-hybridized carbons (Fsp3) is 0. The number of nitrogens with two attached hydrogens (primary N) is 2. The van der Waals surface area contributed by atoms with Crippen molar-refractivity contribution in [1.82, 2.24) is 0 Å². The zero-order valence-corrected chi connectivity index (χ0v) is 8.96. The molecule has 2 rings (SSSR count). The van der Waals surface area contributed by atoms with Crippen LogP contribution in [0.3, 0.4) is 0 Å². The van der Waals surface area contributed by atoms with Crippen LogP contribution in [0.2, 0.25) is 0 Å². The molecule has 0 radical (unpaired) electrons. The van der Waals surface area contributed by atoms with E-state index in [1.165, 1.54) is 6.26 Å². The lowest BCUT2D eigenvalue weighted by Gasteiger charge is -1.99. The highest BCUT2D eigenvalue weighted by Crippen LogP contribution is 2.15. The molecular formula is C12H11N3O2. The molecule has 0 aliphatic carbocycles. The summed E-state index contributed by atoms with van der Waals surface area (Å²) in [7, 11) is 0. The van der Waals surface area contributed by atoms with Crippen LogP contribution in [0.4, 0.5) is 5.69 Å². The first-order chi connectivity index (χ1) is 8.16. The highest BCUT2D eigenvalue weighted by atomic mass is 16.3. The number of carbonyl (C=O) groups excluding carboxylic acids is 1. The summed E-state index contributed by atoms with van der Waals surface area (Å²) in [5, 5.41) is 0. The van der Waals surface area contributed by atoms with E-state index in [0.717, 1.165) is 0 Å². The summed E-state index contributed by atoms with van der Waals surface area (Å²) in [5.41, 5.74) is 11.6. The van der Waals surface area contributed by atoms with Crippen molar-refractivity contribution in [3.63, 3.8) is 0 Å². The van der Waals surface area contributed by atoms with Gasteiger partial charge in [0.1, 0.15) is 0 Å². The molecule has 1 aromatic heterocycles. The van der Waals surface area contributed by atoms with E-state index in [-0.39, 0.29) is 11.7 Å². The first kappa shape index (κ1) is 10.9. The minimum absolute atomic E-state index is 0.0184. The Morgan fingerprint density at radius 2 is 1.82 bits per heavy atom. The molecule has 0 saturated heterocycles. The Bertz CT molecular complexity index is 538. The van der Waals surface area contributed by atoms with Crippen LogP contribution >= 0.6 is 0 Å². The zero-order chi connectivity index (χ0) is 12.3. The topological polar surface area (TPSA) is 94.6 Å². The van der Waals surface area contributed by atoms with E-state index in [1.807, 2.05) is 0 Å². The second kappa shape index (κ2) is 4.52. The molecule has 4 N–H and O–H groups in total. The van der Waals surface area contributed by atoms with Crippen LogP contribution in [0.1, 0.15) is 16.1 Å². The minimum Gasteiger partial charge on any atom is -0.461 e. The Labute approximate surface area is 97.7 Å². The van der Waals surface area contributed by atoms with Crippen molar-refractivity contribution in [1.29, 1.82) is 0 Å². The first-order valence-corrected chi connectivity index (χ1v) is 4.95. The Hall–Kier alpha value is -2.56. The quantitative estimate of drug-likeness (QED) is 0.472. The molecule has 17 heavy (non-hydrogen) atoms. The van der Waals surface area contributed by atoms with Crippen LogP contribution in [0.25, 0.3) is 0 Å². The van der Waals surface area contributed by atoms with Crippen molar-refractivity contribution >= 4 is 17.4 Å². The molecule has 1 aromatic carbocycles. The number of guanidine groups is 1. The summed E-state index contributed by atoms with van der Waals surface area (Å²) in [6.45, 7) is 0. The maximum atomic E-state index is 11.9. The van der Waals surface area contributed by atoms with Gasteiger partial charge < -0.3 is 15.9 Å². The van der Waals surface area contributed by atoms with Gasteiger partial charge in [0, 0.05) is 5.56 Å². The van der Waals surface area contributed by atoms with Crippen LogP contribution in [-0.4, -0.2) is 11.7 Å². The third-order valence-electron chi connectivity index (χ3n) is 2.13. The summed E-state index contributed by atoms with van der Waals surface area (Å²) in [6, 6.07) is 9.90. The number of rotatable bonds is 3. The van der Waals surface area contributed by atoms with Gasteiger partial charge in [-0.05, 0) is 36.4 Å². The highest BCUT2D eigenvalue weighted by Gasteiger charge is 2.10. The lowest BCUT2D eigenvalue weighted by Crippen LogP contribution is -2.21. The van der Waals surface area contributed by atoms with E-state index in [0.29, 0.717) is 17.0 Å². The van der Waals surface area contributed by atoms with E-state index in [4.69, 9.17) is 15.9 Å². The normalized spacial score (nSPS) is 9.88. The molecule has 1 heterocycles. The largest absolute Gasteiger partial charge is 0.461 e. The van der Waals surface area contributed by atoms with Gasteiger partial charge in [-0.15, -0.1) is 0 Å². The summed E-state index contributed by atoms with van der Waals surface area (Å²) in [5.74, 6) is 0.112. The molecule has 0 amide bonds. The van der Waals surface area contributed by atoms with Crippen LogP contribution in [0, 0.1) is 0 Å². The molecule has 0 unspecified atom stereocenters. The molecule has 2 aromatic rings. The maximum Gasteiger partial charge on any atom is 0.228 e. The number of aliphatic imine (C=N–C) groups is 1. The van der Waals surface area contributed by atoms with Crippen molar-refractivity contribution in [2.24, 2.45) is 16.5 Å². The number of nitrogens with zero attached hydrogens (tertiary/aromatic N) is 1. The fourth-order valence-electron chi connectivity index (χ4n) is 1.39. The van der Waals surface area contributed by atoms with Crippen molar-refractivity contribution < 1.29 is 9.21 Å². The molecular weight excluding hydrogens is 218 g/mol. The molecule has 0 saturated carbocycles. The SMILES string of the molecule is NC(N)=Nc1ccc(C(=O)c2ccco2)cc1. The van der Waals surface area contributed by atoms with E-state index in [2.05, 4.69) is 4.99 Å². The standard InChI is InChI=1S/C12H11N3O2/c13-12(14)15-9-5-3-8(4-6-9)11(16)10-2-1-7-17-10/h1-7H,(H4,13,14,15). The molecule has 0 bridgehead atoms. The third kappa shape index (κ3) is 2.52. The van der Waals surface area contributed by atoms with Gasteiger partial charge in [0.25, 0.3) is 0 Å². The molecule has 5 nitrogen and oxygen atoms in total. The van der Waals surface area contributed by atoms with Gasteiger partial charge in [0.2, 0.25) is 5.78 Å². The Balaban J connectivity index is 2.24. The van der Waals surface area contributed by atoms with Gasteiger partial charge in [-0.2, -0.15) is 0 Å². The van der Waals surface area contributed by atoms with E-state index in [9.17, 15) is 4.79 Å². The molecule has 0 spiro atoms. The molecule has 0 atom stereocenters. The van der Waals surface area contributed by atoms with Gasteiger partial charge in [-0.25, -0.2) is 4.99 Å². The molecule has 0 aliphatic heterocycles. The number of hydrogen-bond donors (Lipinski definition) is 2. The average molecular weight is 229 g/mol. The number of carbonyl (C=O) groups is 1. The van der Waals surface area contributed by atoms with Crippen molar-refractivity contribution in [2.75, 3.05) is 0 Å². The van der Waals surface area contributed by atoms with Gasteiger partial charge in [-0.1, -0.05) is 0 Å². The predicted molar refractivity (Wildman–Crippen MR) is 64.1 cm³/mol. The van der Waals surface area contributed by atoms with Crippen molar-refractivity contribution in [2.45, 2.75) is 0 Å². The molecule has 0 fully saturated rings. The van der Waals surface area contributed by atoms with E-state index >= 15 is 0 Å². The zero-order valence-electron chi connectivity index (χ0n) is 8.96. The summed E-state index contributed by atoms with van der Waals surface area (Å²) >= 11 is 0. The van der Waals surface area contributed by atoms with Gasteiger partial charge >= 0.3 is 0 Å². The summed E-state index contributed by atoms with van der Waals surface area (Å²) in [4.78, 5) is 15.7. The number of hydrogen-bond acceptors (Lipinski definition) is 3. The van der Waals surface area contributed by atoms with Gasteiger partial charge in [0.05, 0.1) is 12.0 Å². The van der Waals surface area contributed by atoms with Crippen LogP contribution in [0.5, 0.6) is 0 Å². The fourth-order valence-corrected chi connectivity index (χ4v) is 1.39. The van der Waals surface area contributed by atoms with Crippen LogP contribution < -0.4 is 11.5 Å². The highest BCUT2D eigenvalue weighted by molar-refractivity contribution is 6.07. The minimum atomic E-state index is -0.175. The summed E-state index contributed by atoms with van der Waals surface area (Å²) in [6.07, 6.45) is 1.46. The monoisotopic (exact) mass is 229 g/mol. The van der Waals surface area contributed by atoms with Crippen molar-refractivity contribution in [3.05, 3.63) is 54.0 Å². The second-order valence-corrected chi connectivity index (χ2v) is 3.39. The smallest absolute Gasteiger partial charge is 0.228 e. The molecule has 5 heteroatoms. The lowest BCUT2D eigenvalue weighted by atomic mass is 10.1. The average Bonchev–Trinajstić information content (AvgIpc) is 2.82. The Kier molecular flexibility index (Phi) is 2.91. The van der Waals surface area contributed by atoms with Crippen LogP contribution in [-0.2, 0) is 0 Å². The van der Waals surface area contributed by atoms with E-state index < -0.39 is 0 Å². The molecule has 0 aliphatic rings. The Morgan fingerprint density at radius 3 is 2.35 bits per heavy atom. The number of ketones is 1. The number of benzene rings is 1. The third-order valence-corrected chi connectivity index (χ3v) is 2.13. The van der Waals surface area contributed by atoms with Gasteiger partial charge in [0.15, 0.2) is 11.7 Å². The van der Waals surface area contributed by atoms with E-state index in [1.54, 1.807) is 36.4 Å². The van der Waals surface area contributed by atoms with Gasteiger partial charge in [-0.3, -0.25) is 4.79 Å². The predicted octanol–water partition coefficient (Wildman–Crippen LogP) is 1.42. The first-order valence-electron chi connectivity index (χ1n) is 4.95.